The number of carbonyl (C=O) groups is 3. The van der Waals surface area contributed by atoms with Crippen molar-refractivity contribution in [1.82, 2.24) is 0 Å². The predicted octanol–water partition coefficient (Wildman–Crippen LogP) is 25.1. The Kier molecular flexibility index (Phi) is 68.1. The SMILES string of the molecule is CCCCCCC/C=C\C/C=C\C/C=C\CCCCCCCCCCCCCCC(=O)OCC(COC(=O)CCCCCCCCC/C=C\CCCCCCCCC)OC(=O)CCCCCCCCCCC/C=C\CCCCCCCC. The van der Waals surface area contributed by atoms with Gasteiger partial charge in [-0.15, -0.1) is 0 Å². The number of hydrogen-bond acceptors (Lipinski definition) is 6. The molecular weight excluding hydrogens is 1010 g/mol. The molecule has 0 heterocycles. The Morgan fingerprint density at radius 1 is 0.244 bits per heavy atom. The van der Waals surface area contributed by atoms with Crippen LogP contribution in [0.1, 0.15) is 387 Å². The zero-order valence-corrected chi connectivity index (χ0v) is 55.0. The van der Waals surface area contributed by atoms with Crippen molar-refractivity contribution in [2.24, 2.45) is 0 Å². The van der Waals surface area contributed by atoms with Gasteiger partial charge in [0.2, 0.25) is 0 Å². The first-order chi connectivity index (χ1) is 40.5. The molecule has 0 radical (unpaired) electrons. The normalized spacial score (nSPS) is 12.4. The molecule has 0 aliphatic rings. The summed E-state index contributed by atoms with van der Waals surface area (Å²) in [5.41, 5.74) is 0. The Bertz CT molecular complexity index is 1460. The number of carbonyl (C=O) groups excluding carboxylic acids is 3. The van der Waals surface area contributed by atoms with Gasteiger partial charge in [-0.25, -0.2) is 0 Å². The molecule has 1 unspecified atom stereocenters. The number of unbranched alkanes of at least 4 members (excludes halogenated alkanes) is 46. The molecule has 0 spiro atoms. The summed E-state index contributed by atoms with van der Waals surface area (Å²) in [6.45, 7) is 6.68. The van der Waals surface area contributed by atoms with E-state index >= 15 is 0 Å². The molecule has 0 aromatic rings. The average Bonchev–Trinajstić information content (AvgIpc) is 3.47. The summed E-state index contributed by atoms with van der Waals surface area (Å²) < 4.78 is 17.0. The Morgan fingerprint density at radius 2 is 0.439 bits per heavy atom. The summed E-state index contributed by atoms with van der Waals surface area (Å²) in [5.74, 6) is -0.858. The van der Waals surface area contributed by atoms with Crippen LogP contribution in [-0.2, 0) is 28.6 Å². The van der Waals surface area contributed by atoms with E-state index in [1.165, 1.54) is 276 Å². The van der Waals surface area contributed by atoms with Crippen molar-refractivity contribution in [2.45, 2.75) is 393 Å². The highest BCUT2D eigenvalue weighted by Gasteiger charge is 2.19. The van der Waals surface area contributed by atoms with Crippen molar-refractivity contribution in [3.8, 4) is 0 Å². The summed E-state index contributed by atoms with van der Waals surface area (Å²) in [6, 6.07) is 0. The highest BCUT2D eigenvalue weighted by Crippen LogP contribution is 2.18. The Labute approximate surface area is 510 Å². The minimum Gasteiger partial charge on any atom is -0.462 e. The summed E-state index contributed by atoms with van der Waals surface area (Å²) in [6.07, 6.45) is 91.0. The maximum atomic E-state index is 13.0. The van der Waals surface area contributed by atoms with Gasteiger partial charge in [0.1, 0.15) is 13.2 Å². The molecule has 0 bridgehead atoms. The van der Waals surface area contributed by atoms with Crippen LogP contribution in [0.25, 0.3) is 0 Å². The van der Waals surface area contributed by atoms with Crippen LogP contribution in [0.5, 0.6) is 0 Å². The van der Waals surface area contributed by atoms with E-state index in [1.54, 1.807) is 0 Å². The van der Waals surface area contributed by atoms with Gasteiger partial charge in [-0.2, -0.15) is 0 Å². The maximum absolute atomic E-state index is 13.0. The standard InChI is InChI=1S/C76H138O6/c1-4-7-10-13-16-19-22-25-28-31-34-35-36-37-38-39-40-41-43-45-48-51-54-57-60-63-66-69-75(78)81-72-73(71-80-74(77)68-65-62-59-56-53-50-47-44-33-30-27-24-21-18-15-12-9-6-3)82-76(79)70-67-64-61-58-55-52-49-46-42-32-29-26-23-20-17-14-11-8-5-2/h22,25-26,29-31,33-34,36-37,73H,4-21,23-24,27-28,32,35,38-72H2,1-3H3/b25-22-,29-26-,33-30-,34-31-,37-36-. The van der Waals surface area contributed by atoms with Crippen LogP contribution in [-0.4, -0.2) is 37.2 Å². The first-order valence-corrected chi connectivity index (χ1v) is 36.3. The zero-order chi connectivity index (χ0) is 59.2. The van der Waals surface area contributed by atoms with E-state index in [-0.39, 0.29) is 31.1 Å². The van der Waals surface area contributed by atoms with E-state index in [1.807, 2.05) is 0 Å². The molecule has 6 heteroatoms. The molecule has 0 aromatic heterocycles. The fraction of sp³-hybridized carbons (Fsp3) is 0.829. The Hall–Kier alpha value is -2.89. The van der Waals surface area contributed by atoms with Crippen molar-refractivity contribution in [2.75, 3.05) is 13.2 Å². The maximum Gasteiger partial charge on any atom is 0.306 e. The van der Waals surface area contributed by atoms with Gasteiger partial charge in [0.25, 0.3) is 0 Å². The fourth-order valence-electron chi connectivity index (χ4n) is 10.7. The third kappa shape index (κ3) is 67.9. The average molecular weight is 1150 g/mol. The molecule has 6 nitrogen and oxygen atoms in total. The van der Waals surface area contributed by atoms with Crippen molar-refractivity contribution >= 4 is 17.9 Å². The molecule has 0 saturated carbocycles. The largest absolute Gasteiger partial charge is 0.462 e. The van der Waals surface area contributed by atoms with Gasteiger partial charge in [-0.05, 0) is 109 Å². The van der Waals surface area contributed by atoms with E-state index < -0.39 is 6.10 Å². The minimum absolute atomic E-state index is 0.0744. The van der Waals surface area contributed by atoms with E-state index in [4.69, 9.17) is 14.2 Å². The van der Waals surface area contributed by atoms with Crippen LogP contribution in [0.3, 0.4) is 0 Å². The van der Waals surface area contributed by atoms with E-state index in [2.05, 4.69) is 81.5 Å². The molecule has 0 aliphatic heterocycles. The van der Waals surface area contributed by atoms with Gasteiger partial charge in [-0.3, -0.25) is 14.4 Å². The highest BCUT2D eigenvalue weighted by atomic mass is 16.6. The van der Waals surface area contributed by atoms with E-state index in [0.29, 0.717) is 19.3 Å². The molecule has 1 atom stereocenters. The number of hydrogen-bond donors (Lipinski definition) is 0. The van der Waals surface area contributed by atoms with Crippen molar-refractivity contribution in [3.05, 3.63) is 60.8 Å². The number of ether oxygens (including phenoxy) is 3. The lowest BCUT2D eigenvalue weighted by molar-refractivity contribution is -0.167. The monoisotopic (exact) mass is 1150 g/mol. The number of esters is 3. The lowest BCUT2D eigenvalue weighted by Crippen LogP contribution is -2.30. The van der Waals surface area contributed by atoms with Crippen LogP contribution in [0, 0.1) is 0 Å². The fourth-order valence-corrected chi connectivity index (χ4v) is 10.7. The van der Waals surface area contributed by atoms with Gasteiger partial charge in [-0.1, -0.05) is 319 Å². The van der Waals surface area contributed by atoms with E-state index in [9.17, 15) is 14.4 Å². The highest BCUT2D eigenvalue weighted by molar-refractivity contribution is 5.71. The molecule has 0 rings (SSSR count). The third-order valence-corrected chi connectivity index (χ3v) is 16.2. The van der Waals surface area contributed by atoms with Gasteiger partial charge in [0, 0.05) is 19.3 Å². The summed E-state index contributed by atoms with van der Waals surface area (Å²) >= 11 is 0. The zero-order valence-electron chi connectivity index (χ0n) is 55.0. The lowest BCUT2D eigenvalue weighted by Gasteiger charge is -2.18. The van der Waals surface area contributed by atoms with Crippen LogP contribution < -0.4 is 0 Å². The molecular formula is C76H138O6. The minimum atomic E-state index is -0.779. The molecule has 0 fully saturated rings. The van der Waals surface area contributed by atoms with Crippen LogP contribution in [0.15, 0.2) is 60.8 Å². The topological polar surface area (TPSA) is 78.9 Å². The van der Waals surface area contributed by atoms with Crippen LogP contribution >= 0.6 is 0 Å². The number of allylic oxidation sites excluding steroid dienone is 10. The molecule has 478 valence electrons. The van der Waals surface area contributed by atoms with Gasteiger partial charge >= 0.3 is 17.9 Å². The summed E-state index contributed by atoms with van der Waals surface area (Å²) in [5, 5.41) is 0. The second kappa shape index (κ2) is 70.6. The molecule has 82 heavy (non-hydrogen) atoms. The molecule has 0 aromatic carbocycles. The van der Waals surface area contributed by atoms with Crippen LogP contribution in [0.2, 0.25) is 0 Å². The first-order valence-electron chi connectivity index (χ1n) is 36.3. The molecule has 0 saturated heterocycles. The van der Waals surface area contributed by atoms with Crippen molar-refractivity contribution in [3.63, 3.8) is 0 Å². The summed E-state index contributed by atoms with van der Waals surface area (Å²) in [4.78, 5) is 38.5. The van der Waals surface area contributed by atoms with Gasteiger partial charge in [0.05, 0.1) is 0 Å². The summed E-state index contributed by atoms with van der Waals surface area (Å²) in [7, 11) is 0. The molecule has 0 N–H and O–H groups in total. The van der Waals surface area contributed by atoms with Crippen molar-refractivity contribution < 1.29 is 28.6 Å². The Morgan fingerprint density at radius 3 is 0.695 bits per heavy atom. The molecule has 0 amide bonds. The first kappa shape index (κ1) is 79.1. The smallest absolute Gasteiger partial charge is 0.306 e. The lowest BCUT2D eigenvalue weighted by atomic mass is 10.0. The predicted molar refractivity (Wildman–Crippen MR) is 358 cm³/mol. The van der Waals surface area contributed by atoms with Crippen molar-refractivity contribution in [1.29, 1.82) is 0 Å². The Balaban J connectivity index is 4.31. The second-order valence-corrected chi connectivity index (χ2v) is 24.5. The van der Waals surface area contributed by atoms with E-state index in [0.717, 1.165) is 70.6 Å². The third-order valence-electron chi connectivity index (χ3n) is 16.2. The van der Waals surface area contributed by atoms with Gasteiger partial charge < -0.3 is 14.2 Å². The quantitative estimate of drug-likeness (QED) is 0.0261. The van der Waals surface area contributed by atoms with Crippen LogP contribution in [0.4, 0.5) is 0 Å². The number of rotatable bonds is 67. The molecule has 0 aliphatic carbocycles. The second-order valence-electron chi connectivity index (χ2n) is 24.5. The van der Waals surface area contributed by atoms with Gasteiger partial charge in [0.15, 0.2) is 6.10 Å².